The fourth-order valence-electron chi connectivity index (χ4n) is 1.83. The highest BCUT2D eigenvalue weighted by molar-refractivity contribution is 5.83. The summed E-state index contributed by atoms with van der Waals surface area (Å²) in [6.45, 7) is 1.88. The third-order valence-corrected chi connectivity index (χ3v) is 2.74. The van der Waals surface area contributed by atoms with Crippen LogP contribution in [-0.4, -0.2) is 42.1 Å². The Balaban J connectivity index is 2.76. The molecular weight excluding hydrogens is 265 g/mol. The minimum absolute atomic E-state index is 0.0335. The number of carboxylic acids is 1. The second-order valence-corrected chi connectivity index (χ2v) is 4.35. The molecule has 0 aliphatic rings. The number of benzene rings is 1. The van der Waals surface area contributed by atoms with Gasteiger partial charge >= 0.3 is 5.97 Å². The van der Waals surface area contributed by atoms with E-state index in [1.54, 1.807) is 6.07 Å². The van der Waals surface area contributed by atoms with Crippen LogP contribution in [0.25, 0.3) is 0 Å². The predicted molar refractivity (Wildman–Crippen MR) is 71.2 cm³/mol. The number of halogens is 1. The molecule has 110 valence electrons. The Bertz CT molecular complexity index is 490. The minimum Gasteiger partial charge on any atom is -0.494 e. The number of nitrogens with zero attached hydrogens (tertiary/aromatic N) is 1. The van der Waals surface area contributed by atoms with E-state index in [2.05, 4.69) is 0 Å². The van der Waals surface area contributed by atoms with Crippen molar-refractivity contribution in [3.8, 4) is 5.75 Å². The highest BCUT2D eigenvalue weighted by atomic mass is 19.1. The zero-order valence-electron chi connectivity index (χ0n) is 11.6. The number of carboxylic acid groups (broad SMARTS) is 1. The van der Waals surface area contributed by atoms with E-state index >= 15 is 0 Å². The fraction of sp³-hybridized carbons (Fsp3) is 0.429. The SMILES string of the molecule is CCCN(CC(=O)O)C(=O)Cc1ccc(OC)c(F)c1. The Kier molecular flexibility index (Phi) is 5.96. The largest absolute Gasteiger partial charge is 0.494 e. The molecule has 0 heterocycles. The van der Waals surface area contributed by atoms with Crippen LogP contribution in [0.4, 0.5) is 4.39 Å². The van der Waals surface area contributed by atoms with Gasteiger partial charge in [-0.1, -0.05) is 13.0 Å². The molecule has 0 aromatic heterocycles. The highest BCUT2D eigenvalue weighted by Gasteiger charge is 2.17. The van der Waals surface area contributed by atoms with Crippen LogP contribution < -0.4 is 4.74 Å². The highest BCUT2D eigenvalue weighted by Crippen LogP contribution is 2.18. The van der Waals surface area contributed by atoms with E-state index < -0.39 is 11.8 Å². The Hall–Kier alpha value is -2.11. The lowest BCUT2D eigenvalue weighted by molar-refractivity contribution is -0.144. The minimum atomic E-state index is -1.06. The van der Waals surface area contributed by atoms with Gasteiger partial charge in [0.25, 0.3) is 0 Å². The molecule has 0 unspecified atom stereocenters. The first-order valence-corrected chi connectivity index (χ1v) is 6.30. The number of carbonyl (C=O) groups excluding carboxylic acids is 1. The van der Waals surface area contributed by atoms with Gasteiger partial charge in [0.15, 0.2) is 11.6 Å². The average molecular weight is 283 g/mol. The van der Waals surface area contributed by atoms with Crippen molar-refractivity contribution in [3.05, 3.63) is 29.6 Å². The van der Waals surface area contributed by atoms with Crippen LogP contribution in [0, 0.1) is 5.82 Å². The summed E-state index contributed by atoms with van der Waals surface area (Å²) in [4.78, 5) is 24.0. The van der Waals surface area contributed by atoms with E-state index in [0.717, 1.165) is 0 Å². The topological polar surface area (TPSA) is 66.8 Å². The van der Waals surface area contributed by atoms with Crippen molar-refractivity contribution in [1.82, 2.24) is 4.90 Å². The molecule has 0 aliphatic heterocycles. The van der Waals surface area contributed by atoms with Crippen LogP contribution in [0.2, 0.25) is 0 Å². The molecule has 0 aliphatic carbocycles. The van der Waals surface area contributed by atoms with E-state index in [-0.39, 0.29) is 24.6 Å². The molecule has 1 amide bonds. The molecular formula is C14H18FNO4. The zero-order chi connectivity index (χ0) is 15.1. The van der Waals surface area contributed by atoms with Crippen molar-refractivity contribution < 1.29 is 23.8 Å². The van der Waals surface area contributed by atoms with Gasteiger partial charge < -0.3 is 14.7 Å². The van der Waals surface area contributed by atoms with E-state index in [4.69, 9.17) is 9.84 Å². The van der Waals surface area contributed by atoms with Crippen LogP contribution in [0.1, 0.15) is 18.9 Å². The van der Waals surface area contributed by atoms with Crippen molar-refractivity contribution >= 4 is 11.9 Å². The number of aliphatic carboxylic acids is 1. The van der Waals surface area contributed by atoms with Crippen LogP contribution >= 0.6 is 0 Å². The van der Waals surface area contributed by atoms with Crippen LogP contribution in [-0.2, 0) is 16.0 Å². The molecule has 0 atom stereocenters. The molecule has 6 heteroatoms. The Morgan fingerprint density at radius 2 is 2.10 bits per heavy atom. The maximum Gasteiger partial charge on any atom is 0.323 e. The van der Waals surface area contributed by atoms with Crippen LogP contribution in [0.3, 0.4) is 0 Å². The summed E-state index contributed by atoms with van der Waals surface area (Å²) in [6.07, 6.45) is 0.629. The second-order valence-electron chi connectivity index (χ2n) is 4.35. The van der Waals surface area contributed by atoms with Gasteiger partial charge in [-0.25, -0.2) is 4.39 Å². The molecule has 0 bridgehead atoms. The quantitative estimate of drug-likeness (QED) is 0.827. The zero-order valence-corrected chi connectivity index (χ0v) is 11.6. The number of amides is 1. The molecule has 0 radical (unpaired) electrons. The van der Waals surface area contributed by atoms with Gasteiger partial charge in [-0.2, -0.15) is 0 Å². The van der Waals surface area contributed by atoms with Gasteiger partial charge in [0.05, 0.1) is 13.5 Å². The Labute approximate surface area is 117 Å². The van der Waals surface area contributed by atoms with Gasteiger partial charge in [0, 0.05) is 6.54 Å². The van der Waals surface area contributed by atoms with Crippen molar-refractivity contribution in [1.29, 1.82) is 0 Å². The predicted octanol–water partition coefficient (Wildman–Crippen LogP) is 1.70. The smallest absolute Gasteiger partial charge is 0.323 e. The van der Waals surface area contributed by atoms with Gasteiger partial charge in [0.1, 0.15) is 6.54 Å². The third kappa shape index (κ3) is 4.53. The number of rotatable bonds is 7. The first kappa shape index (κ1) is 15.9. The van der Waals surface area contributed by atoms with Crippen LogP contribution in [0.15, 0.2) is 18.2 Å². The van der Waals surface area contributed by atoms with E-state index in [1.165, 1.54) is 24.1 Å². The van der Waals surface area contributed by atoms with Crippen LogP contribution in [0.5, 0.6) is 5.75 Å². The Morgan fingerprint density at radius 3 is 2.60 bits per heavy atom. The Morgan fingerprint density at radius 1 is 1.40 bits per heavy atom. The van der Waals surface area contributed by atoms with Crippen molar-refractivity contribution in [2.45, 2.75) is 19.8 Å². The van der Waals surface area contributed by atoms with Gasteiger partial charge in [-0.05, 0) is 24.1 Å². The summed E-state index contributed by atoms with van der Waals surface area (Å²) < 4.78 is 18.3. The summed E-state index contributed by atoms with van der Waals surface area (Å²) >= 11 is 0. The summed E-state index contributed by atoms with van der Waals surface area (Å²) in [5, 5.41) is 8.77. The second kappa shape index (κ2) is 7.47. The lowest BCUT2D eigenvalue weighted by Gasteiger charge is -2.20. The fourth-order valence-corrected chi connectivity index (χ4v) is 1.83. The summed E-state index contributed by atoms with van der Waals surface area (Å²) in [5.41, 5.74) is 0.486. The average Bonchev–Trinajstić information content (AvgIpc) is 2.38. The van der Waals surface area contributed by atoms with E-state index in [9.17, 15) is 14.0 Å². The van der Waals surface area contributed by atoms with Gasteiger partial charge in [-0.3, -0.25) is 9.59 Å². The number of carbonyl (C=O) groups is 2. The number of methoxy groups -OCH3 is 1. The molecule has 0 saturated heterocycles. The molecule has 0 fully saturated rings. The van der Waals surface area contributed by atoms with Gasteiger partial charge in [0.2, 0.25) is 5.91 Å². The summed E-state index contributed by atoms with van der Waals surface area (Å²) in [5.74, 6) is -1.83. The normalized spacial score (nSPS) is 10.2. The third-order valence-electron chi connectivity index (χ3n) is 2.74. The van der Waals surface area contributed by atoms with E-state index in [0.29, 0.717) is 18.5 Å². The molecule has 0 saturated carbocycles. The standard InChI is InChI=1S/C14H18FNO4/c1-3-6-16(9-14(18)19)13(17)8-10-4-5-12(20-2)11(15)7-10/h4-5,7H,3,6,8-9H2,1-2H3,(H,18,19). The molecule has 5 nitrogen and oxygen atoms in total. The summed E-state index contributed by atoms with van der Waals surface area (Å²) in [7, 11) is 1.36. The number of hydrogen-bond acceptors (Lipinski definition) is 3. The lowest BCUT2D eigenvalue weighted by Crippen LogP contribution is -2.37. The maximum atomic E-state index is 13.5. The first-order chi connectivity index (χ1) is 9.47. The molecule has 1 aromatic rings. The molecule has 1 rings (SSSR count). The molecule has 1 aromatic carbocycles. The number of ether oxygens (including phenoxy) is 1. The van der Waals surface area contributed by atoms with Crippen molar-refractivity contribution in [3.63, 3.8) is 0 Å². The van der Waals surface area contributed by atoms with E-state index in [1.807, 2.05) is 6.92 Å². The monoisotopic (exact) mass is 283 g/mol. The van der Waals surface area contributed by atoms with Gasteiger partial charge in [-0.15, -0.1) is 0 Å². The first-order valence-electron chi connectivity index (χ1n) is 6.30. The molecule has 1 N–H and O–H groups in total. The van der Waals surface area contributed by atoms with Crippen molar-refractivity contribution in [2.24, 2.45) is 0 Å². The summed E-state index contributed by atoms with van der Waals surface area (Å²) in [6, 6.07) is 4.26. The molecule has 0 spiro atoms. The lowest BCUT2D eigenvalue weighted by atomic mass is 10.1. The number of hydrogen-bond donors (Lipinski definition) is 1. The molecule has 20 heavy (non-hydrogen) atoms. The van der Waals surface area contributed by atoms with Crippen molar-refractivity contribution in [2.75, 3.05) is 20.2 Å². The maximum absolute atomic E-state index is 13.5.